The zero-order chi connectivity index (χ0) is 18.4. The molecule has 1 atom stereocenters. The first-order valence-electron chi connectivity index (χ1n) is 8.29. The summed E-state index contributed by atoms with van der Waals surface area (Å²) in [4.78, 5) is 25.2. The van der Waals surface area contributed by atoms with Crippen LogP contribution in [0.2, 0.25) is 0 Å². The van der Waals surface area contributed by atoms with E-state index >= 15 is 0 Å². The van der Waals surface area contributed by atoms with Gasteiger partial charge in [-0.05, 0) is 37.0 Å². The van der Waals surface area contributed by atoms with E-state index in [1.165, 1.54) is 12.1 Å². The van der Waals surface area contributed by atoms with E-state index in [1.54, 1.807) is 11.8 Å². The van der Waals surface area contributed by atoms with Gasteiger partial charge in [-0.2, -0.15) is 13.2 Å². The highest BCUT2D eigenvalue weighted by Gasteiger charge is 2.31. The van der Waals surface area contributed by atoms with Gasteiger partial charge in [0.05, 0.1) is 5.56 Å². The van der Waals surface area contributed by atoms with Crippen LogP contribution in [-0.4, -0.2) is 36.5 Å². The zero-order valence-corrected chi connectivity index (χ0v) is 14.0. The van der Waals surface area contributed by atoms with Crippen molar-refractivity contribution in [2.24, 2.45) is 5.92 Å². The molecule has 25 heavy (non-hydrogen) atoms. The largest absolute Gasteiger partial charge is 0.416 e. The number of carbonyl (C=O) groups is 2. The molecule has 0 aromatic heterocycles. The summed E-state index contributed by atoms with van der Waals surface area (Å²) in [6.07, 6.45) is -2.35. The molecule has 0 saturated carbocycles. The van der Waals surface area contributed by atoms with E-state index in [2.05, 4.69) is 10.6 Å². The Balaban J connectivity index is 1.93. The van der Waals surface area contributed by atoms with Gasteiger partial charge in [0.1, 0.15) is 0 Å². The highest BCUT2D eigenvalue weighted by Crippen LogP contribution is 2.30. The van der Waals surface area contributed by atoms with Gasteiger partial charge in [-0.25, -0.2) is 4.79 Å². The smallest absolute Gasteiger partial charge is 0.356 e. The second kappa shape index (κ2) is 8.22. The number of hydrogen-bond acceptors (Lipinski definition) is 2. The maximum absolute atomic E-state index is 12.7. The van der Waals surface area contributed by atoms with Crippen LogP contribution in [0.3, 0.4) is 0 Å². The summed E-state index contributed by atoms with van der Waals surface area (Å²) in [5.74, 6) is 0.113. The summed E-state index contributed by atoms with van der Waals surface area (Å²) in [5.41, 5.74) is -0.690. The minimum Gasteiger partial charge on any atom is -0.356 e. The van der Waals surface area contributed by atoms with Gasteiger partial charge in [0.15, 0.2) is 0 Å². The van der Waals surface area contributed by atoms with Crippen LogP contribution in [0.5, 0.6) is 0 Å². The number of urea groups is 1. The molecule has 0 bridgehead atoms. The van der Waals surface area contributed by atoms with E-state index < -0.39 is 17.8 Å². The second-order valence-electron chi connectivity index (χ2n) is 6.12. The third-order valence-electron chi connectivity index (χ3n) is 4.16. The standard InChI is InChI=1S/C17H22F3N3O2/c1-2-15(24)21-10-12-5-4-8-23(11-12)16(25)22-14-7-3-6-13(9-14)17(18,19)20/h3,6-7,9,12H,2,4-5,8,10-11H2,1H3,(H,21,24)(H,22,25)/t12-/m1/s1. The molecule has 8 heteroatoms. The molecular weight excluding hydrogens is 335 g/mol. The Morgan fingerprint density at radius 1 is 1.32 bits per heavy atom. The van der Waals surface area contributed by atoms with Gasteiger partial charge >= 0.3 is 12.2 Å². The fraction of sp³-hybridized carbons (Fsp3) is 0.529. The average Bonchev–Trinajstić information content (AvgIpc) is 2.59. The zero-order valence-electron chi connectivity index (χ0n) is 14.0. The van der Waals surface area contributed by atoms with Crippen LogP contribution in [0, 0.1) is 5.92 Å². The maximum Gasteiger partial charge on any atom is 0.416 e. The van der Waals surface area contributed by atoms with Crippen LogP contribution in [0.1, 0.15) is 31.7 Å². The van der Waals surface area contributed by atoms with E-state index in [1.807, 2.05) is 0 Å². The van der Waals surface area contributed by atoms with Crippen LogP contribution in [0.15, 0.2) is 24.3 Å². The summed E-state index contributed by atoms with van der Waals surface area (Å²) in [7, 11) is 0. The highest BCUT2D eigenvalue weighted by molar-refractivity contribution is 5.89. The lowest BCUT2D eigenvalue weighted by atomic mass is 9.98. The number of amides is 3. The number of nitrogens with zero attached hydrogens (tertiary/aromatic N) is 1. The van der Waals surface area contributed by atoms with E-state index in [9.17, 15) is 22.8 Å². The second-order valence-corrected chi connectivity index (χ2v) is 6.12. The molecule has 0 spiro atoms. The molecule has 138 valence electrons. The molecule has 2 rings (SSSR count). The van der Waals surface area contributed by atoms with Crippen molar-refractivity contribution >= 4 is 17.6 Å². The van der Waals surface area contributed by atoms with E-state index in [-0.39, 0.29) is 17.5 Å². The molecule has 0 radical (unpaired) electrons. The lowest BCUT2D eigenvalue weighted by molar-refractivity contribution is -0.137. The molecule has 1 aliphatic rings. The number of rotatable bonds is 4. The molecule has 0 unspecified atom stereocenters. The average molecular weight is 357 g/mol. The van der Waals surface area contributed by atoms with Crippen molar-refractivity contribution in [2.45, 2.75) is 32.4 Å². The van der Waals surface area contributed by atoms with Gasteiger partial charge in [-0.1, -0.05) is 13.0 Å². The number of halogens is 3. The Morgan fingerprint density at radius 2 is 2.08 bits per heavy atom. The minimum absolute atomic E-state index is 0.0365. The van der Waals surface area contributed by atoms with Gasteiger partial charge in [0.2, 0.25) is 5.91 Å². The Hall–Kier alpha value is -2.25. The van der Waals surface area contributed by atoms with Crippen molar-refractivity contribution in [3.63, 3.8) is 0 Å². The van der Waals surface area contributed by atoms with Gasteiger partial charge < -0.3 is 15.5 Å². The molecule has 1 heterocycles. The van der Waals surface area contributed by atoms with E-state index in [0.29, 0.717) is 26.1 Å². The predicted molar refractivity (Wildman–Crippen MR) is 88.1 cm³/mol. The van der Waals surface area contributed by atoms with Gasteiger partial charge in [0.25, 0.3) is 0 Å². The molecule has 1 saturated heterocycles. The van der Waals surface area contributed by atoms with Crippen LogP contribution in [0.25, 0.3) is 0 Å². The van der Waals surface area contributed by atoms with E-state index in [0.717, 1.165) is 25.0 Å². The number of benzene rings is 1. The third kappa shape index (κ3) is 5.65. The van der Waals surface area contributed by atoms with Crippen LogP contribution >= 0.6 is 0 Å². The fourth-order valence-corrected chi connectivity index (χ4v) is 2.78. The maximum atomic E-state index is 12.7. The number of likely N-dealkylation sites (tertiary alicyclic amines) is 1. The number of carbonyl (C=O) groups excluding carboxylic acids is 2. The molecule has 1 fully saturated rings. The number of hydrogen-bond donors (Lipinski definition) is 2. The Kier molecular flexibility index (Phi) is 6.27. The van der Waals surface area contributed by atoms with Crippen LogP contribution < -0.4 is 10.6 Å². The molecule has 5 nitrogen and oxygen atoms in total. The number of anilines is 1. The molecule has 1 aliphatic heterocycles. The Labute approximate surface area is 144 Å². The lowest BCUT2D eigenvalue weighted by Crippen LogP contribution is -2.45. The third-order valence-corrected chi connectivity index (χ3v) is 4.16. The number of nitrogens with one attached hydrogen (secondary N) is 2. The fourth-order valence-electron chi connectivity index (χ4n) is 2.78. The Bertz CT molecular complexity index is 619. The first-order chi connectivity index (χ1) is 11.8. The minimum atomic E-state index is -4.45. The lowest BCUT2D eigenvalue weighted by Gasteiger charge is -2.33. The topological polar surface area (TPSA) is 61.4 Å². The van der Waals surface area contributed by atoms with Crippen molar-refractivity contribution in [1.82, 2.24) is 10.2 Å². The van der Waals surface area contributed by atoms with Crippen molar-refractivity contribution in [1.29, 1.82) is 0 Å². The summed E-state index contributed by atoms with van der Waals surface area (Å²) in [5, 5.41) is 5.33. The molecular formula is C17H22F3N3O2. The summed E-state index contributed by atoms with van der Waals surface area (Å²) in [6, 6.07) is 4.14. The summed E-state index contributed by atoms with van der Waals surface area (Å²) in [6.45, 7) is 3.28. The van der Waals surface area contributed by atoms with Crippen molar-refractivity contribution < 1.29 is 22.8 Å². The summed E-state index contributed by atoms with van der Waals surface area (Å²) >= 11 is 0. The van der Waals surface area contributed by atoms with Crippen LogP contribution in [-0.2, 0) is 11.0 Å². The number of alkyl halides is 3. The Morgan fingerprint density at radius 3 is 2.76 bits per heavy atom. The quantitative estimate of drug-likeness (QED) is 0.867. The van der Waals surface area contributed by atoms with Gasteiger partial charge in [-0.15, -0.1) is 0 Å². The molecule has 2 N–H and O–H groups in total. The van der Waals surface area contributed by atoms with E-state index in [4.69, 9.17) is 0 Å². The first-order valence-corrected chi connectivity index (χ1v) is 8.29. The number of piperidine rings is 1. The molecule has 0 aliphatic carbocycles. The predicted octanol–water partition coefficient (Wildman–Crippen LogP) is 3.48. The van der Waals surface area contributed by atoms with Crippen molar-refractivity contribution in [3.8, 4) is 0 Å². The van der Waals surface area contributed by atoms with Crippen LogP contribution in [0.4, 0.5) is 23.7 Å². The normalized spacial score (nSPS) is 17.9. The highest BCUT2D eigenvalue weighted by atomic mass is 19.4. The molecule has 3 amide bonds. The van der Waals surface area contributed by atoms with Gasteiger partial charge in [-0.3, -0.25) is 4.79 Å². The molecule has 1 aromatic rings. The first kappa shape index (κ1) is 19.1. The monoisotopic (exact) mass is 357 g/mol. The van der Waals surface area contributed by atoms with Gasteiger partial charge in [0, 0.05) is 31.7 Å². The summed E-state index contributed by atoms with van der Waals surface area (Å²) < 4.78 is 38.2. The van der Waals surface area contributed by atoms with Crippen molar-refractivity contribution in [2.75, 3.05) is 25.0 Å². The van der Waals surface area contributed by atoms with Crippen molar-refractivity contribution in [3.05, 3.63) is 29.8 Å². The SMILES string of the molecule is CCC(=O)NC[C@H]1CCCN(C(=O)Nc2cccc(C(F)(F)F)c2)C1. The molecule has 1 aromatic carbocycles.